The smallest absolute Gasteiger partial charge is 0.194 e. The summed E-state index contributed by atoms with van der Waals surface area (Å²) < 4.78 is 21.3. The molecule has 5 rings (SSSR count). The molecule has 0 radical (unpaired) electrons. The highest BCUT2D eigenvalue weighted by Crippen LogP contribution is 2.57. The maximum Gasteiger partial charge on any atom is 0.194 e. The minimum Gasteiger partial charge on any atom is -0.507 e. The first kappa shape index (κ1) is 24.3. The Bertz CT molecular complexity index is 1610. The van der Waals surface area contributed by atoms with Crippen LogP contribution in [0.15, 0.2) is 53.6 Å². The van der Waals surface area contributed by atoms with Crippen LogP contribution in [0.4, 0.5) is 4.39 Å². The second-order valence-electron chi connectivity index (χ2n) is 9.53. The van der Waals surface area contributed by atoms with Gasteiger partial charge >= 0.3 is 0 Å². The van der Waals surface area contributed by atoms with Gasteiger partial charge in [0, 0.05) is 36.6 Å². The molecule has 0 bridgehead atoms. The largest absolute Gasteiger partial charge is 0.507 e. The van der Waals surface area contributed by atoms with Gasteiger partial charge in [-0.3, -0.25) is 14.4 Å². The number of nitrogens with zero attached hydrogens (tertiary/aromatic N) is 1. The number of carbonyl (C=O) groups excluding carboxylic acids is 3. The molecule has 0 saturated heterocycles. The van der Waals surface area contributed by atoms with Crippen molar-refractivity contribution in [3.05, 3.63) is 76.1 Å². The van der Waals surface area contributed by atoms with Crippen LogP contribution in [0, 0.1) is 12.7 Å². The van der Waals surface area contributed by atoms with E-state index in [0.29, 0.717) is 18.8 Å². The molecule has 2 aromatic carbocycles. The summed E-state index contributed by atoms with van der Waals surface area (Å²) in [6.45, 7) is 6.60. The number of halogens is 1. The first-order valence-corrected chi connectivity index (χ1v) is 11.7. The highest BCUT2D eigenvalue weighted by atomic mass is 19.1. The number of Topliss-reactive ketones (excluding diaryl/α,β-unsaturated/α-hetero) is 2. The number of allylic oxidation sites excluding steroid dienone is 4. The van der Waals surface area contributed by atoms with E-state index < -0.39 is 28.5 Å². The molecule has 1 atom stereocenters. The lowest BCUT2D eigenvalue weighted by Crippen LogP contribution is -2.41. The Morgan fingerprint density at radius 3 is 2.59 bits per heavy atom. The van der Waals surface area contributed by atoms with Gasteiger partial charge in [0.25, 0.3) is 0 Å². The lowest BCUT2D eigenvalue weighted by molar-refractivity contribution is -0.123. The Kier molecular flexibility index (Phi) is 5.47. The molecule has 1 aromatic heterocycles. The monoisotopic (exact) mass is 504 g/mol. The lowest BCUT2D eigenvalue weighted by atomic mass is 9.70. The van der Waals surface area contributed by atoms with Crippen molar-refractivity contribution in [1.82, 2.24) is 9.88 Å². The van der Waals surface area contributed by atoms with Gasteiger partial charge in [0.1, 0.15) is 39.8 Å². The predicted octanol–water partition coefficient (Wildman–Crippen LogP) is 3.95. The molecule has 37 heavy (non-hydrogen) atoms. The molecule has 3 N–H and O–H groups in total. The summed E-state index contributed by atoms with van der Waals surface area (Å²) in [5.41, 5.74) is -0.670. The molecule has 1 aliphatic heterocycles. The second-order valence-corrected chi connectivity index (χ2v) is 9.53. The number of benzene rings is 2. The van der Waals surface area contributed by atoms with Crippen LogP contribution in [0.5, 0.6) is 17.2 Å². The van der Waals surface area contributed by atoms with Crippen molar-refractivity contribution in [2.45, 2.75) is 39.7 Å². The number of hydrogen-bond donors (Lipinski definition) is 3. The minimum absolute atomic E-state index is 0.0160. The van der Waals surface area contributed by atoms with Crippen LogP contribution in [-0.2, 0) is 21.5 Å². The maximum atomic E-state index is 13.8. The zero-order chi connectivity index (χ0) is 26.8. The predicted molar refractivity (Wildman–Crippen MR) is 133 cm³/mol. The number of phenols is 2. The summed E-state index contributed by atoms with van der Waals surface area (Å²) in [6, 6.07) is 6.41. The van der Waals surface area contributed by atoms with Crippen molar-refractivity contribution in [1.29, 1.82) is 0 Å². The number of nitrogens with one attached hydrogen (secondary N) is 1. The van der Waals surface area contributed by atoms with Gasteiger partial charge in [0.2, 0.25) is 0 Å². The molecule has 8 nitrogen and oxygen atoms in total. The Balaban J connectivity index is 1.50. The van der Waals surface area contributed by atoms with E-state index in [4.69, 9.17) is 4.74 Å². The molecule has 190 valence electrons. The van der Waals surface area contributed by atoms with E-state index in [9.17, 15) is 29.0 Å². The van der Waals surface area contributed by atoms with E-state index in [2.05, 4.69) is 5.32 Å². The van der Waals surface area contributed by atoms with Crippen LogP contribution in [-0.4, -0.2) is 38.7 Å². The van der Waals surface area contributed by atoms with Crippen molar-refractivity contribution in [3.8, 4) is 17.2 Å². The molecular formula is C28H25FN2O6. The van der Waals surface area contributed by atoms with Gasteiger partial charge in [0.15, 0.2) is 17.3 Å². The summed E-state index contributed by atoms with van der Waals surface area (Å²) in [5.74, 6) is -2.97. The average Bonchev–Trinajstić information content (AvgIpc) is 3.36. The number of aromatic hydroxyl groups is 2. The van der Waals surface area contributed by atoms with Gasteiger partial charge in [-0.15, -0.1) is 0 Å². The third-order valence-electron chi connectivity index (χ3n) is 7.24. The van der Waals surface area contributed by atoms with E-state index >= 15 is 0 Å². The number of fused-ring (bicyclic) bond motifs is 4. The molecule has 0 spiro atoms. The summed E-state index contributed by atoms with van der Waals surface area (Å²) in [6.07, 6.45) is 3.01. The highest BCUT2D eigenvalue weighted by Gasteiger charge is 2.56. The quantitative estimate of drug-likeness (QED) is 0.274. The van der Waals surface area contributed by atoms with Crippen LogP contribution in [0.1, 0.15) is 42.3 Å². The fraction of sp³-hybridized carbons (Fsp3) is 0.250. The van der Waals surface area contributed by atoms with E-state index in [1.54, 1.807) is 13.0 Å². The van der Waals surface area contributed by atoms with Gasteiger partial charge in [-0.1, -0.05) is 0 Å². The number of ether oxygens (including phenoxy) is 1. The van der Waals surface area contributed by atoms with Crippen molar-refractivity contribution in [2.75, 3.05) is 6.54 Å². The zero-order valence-electron chi connectivity index (χ0n) is 20.7. The number of carbonyl (C=O) groups is 3. The SMILES string of the molecule is CC(=O)c1c(O)c(C)c(O)c2c1OC1=CC(=O)C(=C(C)NCCn3ccc4ccc(F)cc43)C(=O)[C@@]12C. The third kappa shape index (κ3) is 3.45. The summed E-state index contributed by atoms with van der Waals surface area (Å²) in [7, 11) is 0. The number of ketones is 3. The van der Waals surface area contributed by atoms with Crippen molar-refractivity contribution in [2.24, 2.45) is 0 Å². The number of hydrogen-bond acceptors (Lipinski definition) is 7. The van der Waals surface area contributed by atoms with Crippen LogP contribution in [0.2, 0.25) is 0 Å². The zero-order valence-corrected chi connectivity index (χ0v) is 20.7. The molecule has 2 aliphatic rings. The summed E-state index contributed by atoms with van der Waals surface area (Å²) in [4.78, 5) is 39.2. The summed E-state index contributed by atoms with van der Waals surface area (Å²) >= 11 is 0. The topological polar surface area (TPSA) is 118 Å². The maximum absolute atomic E-state index is 13.8. The first-order chi connectivity index (χ1) is 17.5. The Hall–Kier alpha value is -4.40. The molecule has 3 aromatic rings. The van der Waals surface area contributed by atoms with Crippen LogP contribution < -0.4 is 10.1 Å². The lowest BCUT2D eigenvalue weighted by Gasteiger charge is -2.29. The fourth-order valence-electron chi connectivity index (χ4n) is 5.17. The number of phenolic OH excluding ortho intramolecular Hbond substituents is 2. The molecule has 0 unspecified atom stereocenters. The first-order valence-electron chi connectivity index (χ1n) is 11.7. The number of aromatic nitrogens is 1. The Morgan fingerprint density at radius 1 is 1.16 bits per heavy atom. The van der Waals surface area contributed by atoms with Crippen LogP contribution in [0.3, 0.4) is 0 Å². The molecular weight excluding hydrogens is 479 g/mol. The molecule has 0 amide bonds. The molecule has 0 saturated carbocycles. The molecule has 0 fully saturated rings. The number of rotatable bonds is 5. The van der Waals surface area contributed by atoms with Crippen molar-refractivity contribution >= 4 is 28.3 Å². The molecule has 9 heteroatoms. The van der Waals surface area contributed by atoms with E-state index in [1.807, 2.05) is 16.8 Å². The van der Waals surface area contributed by atoms with E-state index in [-0.39, 0.29) is 45.3 Å². The van der Waals surface area contributed by atoms with Gasteiger partial charge in [-0.05, 0) is 57.3 Å². The Labute approximate surface area is 211 Å². The van der Waals surface area contributed by atoms with Gasteiger partial charge in [0.05, 0.1) is 16.7 Å². The molecule has 1 aliphatic carbocycles. The molecule has 2 heterocycles. The average molecular weight is 505 g/mol. The second kappa shape index (κ2) is 8.33. The third-order valence-corrected chi connectivity index (χ3v) is 7.24. The fourth-order valence-corrected chi connectivity index (χ4v) is 5.17. The van der Waals surface area contributed by atoms with Gasteiger partial charge < -0.3 is 24.8 Å². The van der Waals surface area contributed by atoms with E-state index in [1.165, 1.54) is 39.0 Å². The van der Waals surface area contributed by atoms with Gasteiger partial charge in [-0.2, -0.15) is 0 Å². The van der Waals surface area contributed by atoms with Crippen molar-refractivity contribution < 1.29 is 33.7 Å². The summed E-state index contributed by atoms with van der Waals surface area (Å²) in [5, 5.41) is 25.4. The highest BCUT2D eigenvalue weighted by molar-refractivity contribution is 6.31. The van der Waals surface area contributed by atoms with E-state index in [0.717, 1.165) is 10.9 Å². The van der Waals surface area contributed by atoms with Crippen molar-refractivity contribution in [3.63, 3.8) is 0 Å². The standard InChI is InChI=1S/C28H25FN2O6/c1-13-24(34)22(15(3)32)26-23(25(13)35)28(4)20(37-26)12-19(33)21(27(28)36)14(2)30-8-10-31-9-7-16-5-6-17(29)11-18(16)31/h5-7,9,11-12,30,34-35H,8,10H2,1-4H3/t28-/m0/s1. The van der Waals surface area contributed by atoms with Crippen LogP contribution >= 0.6 is 0 Å². The Morgan fingerprint density at radius 2 is 1.89 bits per heavy atom. The van der Waals surface area contributed by atoms with Crippen LogP contribution in [0.25, 0.3) is 10.9 Å². The normalized spacial score (nSPS) is 19.9. The van der Waals surface area contributed by atoms with Gasteiger partial charge in [-0.25, -0.2) is 4.39 Å². The minimum atomic E-state index is -1.57.